The molecule has 6 heteroatoms. The second kappa shape index (κ2) is 66.9. The molecule has 458 valence electrons. The van der Waals surface area contributed by atoms with E-state index in [4.69, 9.17) is 14.2 Å². The third-order valence-corrected chi connectivity index (χ3v) is 16.6. The van der Waals surface area contributed by atoms with Gasteiger partial charge in [-0.3, -0.25) is 14.4 Å². The Morgan fingerprint density at radius 2 is 0.351 bits per heavy atom. The van der Waals surface area contributed by atoms with E-state index >= 15 is 0 Å². The van der Waals surface area contributed by atoms with Crippen molar-refractivity contribution in [2.45, 2.75) is 425 Å². The molecule has 0 aliphatic heterocycles. The predicted molar refractivity (Wildman–Crippen MR) is 335 cm³/mol. The first kappa shape index (κ1) is 75.4. The van der Waals surface area contributed by atoms with Gasteiger partial charge >= 0.3 is 17.9 Å². The van der Waals surface area contributed by atoms with Crippen LogP contribution in [0, 0.1) is 0 Å². The van der Waals surface area contributed by atoms with Gasteiger partial charge in [-0.15, -0.1) is 0 Å². The number of ether oxygens (including phenoxy) is 3. The Balaban J connectivity index is 4.23. The highest BCUT2D eigenvalue weighted by Crippen LogP contribution is 2.19. The zero-order valence-electron chi connectivity index (χ0n) is 52.8. The van der Waals surface area contributed by atoms with E-state index in [2.05, 4.69) is 20.8 Å². The second-order valence-corrected chi connectivity index (χ2v) is 24.5. The average Bonchev–Trinajstić information content (AvgIpc) is 3.43. The van der Waals surface area contributed by atoms with Crippen LogP contribution in [0.25, 0.3) is 0 Å². The maximum atomic E-state index is 13.0. The summed E-state index contributed by atoms with van der Waals surface area (Å²) < 4.78 is 17.0. The minimum absolute atomic E-state index is 0.0600. The monoisotopic (exact) mass is 1090 g/mol. The number of esters is 3. The standard InChI is InChI=1S/C71H138O6/c1-4-7-10-13-16-19-22-25-28-30-32-34-35-37-38-40-43-46-49-52-55-58-61-64-70(73)76-67-68(66-75-69(72)63-60-57-54-51-48-45-42-27-24-21-18-15-12-9-6-3)77-71(74)65-62-59-56-53-50-47-44-41-39-36-33-31-29-26-23-20-17-14-11-8-5-2/h68H,4-67H2,1-3H3. The Kier molecular flexibility index (Phi) is 65.5. The summed E-state index contributed by atoms with van der Waals surface area (Å²) in [5.41, 5.74) is 0. The summed E-state index contributed by atoms with van der Waals surface area (Å²) in [6, 6.07) is 0. The molecule has 0 spiro atoms. The molecule has 0 N–H and O–H groups in total. The molecule has 0 radical (unpaired) electrons. The molecular weight excluding hydrogens is 949 g/mol. The number of hydrogen-bond acceptors (Lipinski definition) is 6. The lowest BCUT2D eigenvalue weighted by Crippen LogP contribution is -2.30. The van der Waals surface area contributed by atoms with Crippen LogP contribution in [0.4, 0.5) is 0 Å². The van der Waals surface area contributed by atoms with Gasteiger partial charge in [0.15, 0.2) is 6.10 Å². The van der Waals surface area contributed by atoms with Crippen LogP contribution in [0.2, 0.25) is 0 Å². The quantitative estimate of drug-likeness (QED) is 0.0343. The van der Waals surface area contributed by atoms with Gasteiger partial charge < -0.3 is 14.2 Å². The molecule has 6 nitrogen and oxygen atoms in total. The summed E-state index contributed by atoms with van der Waals surface area (Å²) in [6.07, 6.45) is 78.4. The van der Waals surface area contributed by atoms with E-state index in [9.17, 15) is 14.4 Å². The summed E-state index contributed by atoms with van der Waals surface area (Å²) in [7, 11) is 0. The third kappa shape index (κ3) is 65.1. The fourth-order valence-electron chi connectivity index (χ4n) is 11.3. The van der Waals surface area contributed by atoms with Crippen molar-refractivity contribution in [2.24, 2.45) is 0 Å². The summed E-state index contributed by atoms with van der Waals surface area (Å²) in [5, 5.41) is 0. The number of carbonyl (C=O) groups excluding carboxylic acids is 3. The van der Waals surface area contributed by atoms with Crippen LogP contribution in [0.5, 0.6) is 0 Å². The Hall–Kier alpha value is -1.59. The fraction of sp³-hybridized carbons (Fsp3) is 0.958. The van der Waals surface area contributed by atoms with Crippen LogP contribution in [0.1, 0.15) is 419 Å². The summed E-state index contributed by atoms with van der Waals surface area (Å²) in [5.74, 6) is -0.818. The molecule has 0 saturated carbocycles. The highest BCUT2D eigenvalue weighted by atomic mass is 16.6. The first-order valence-electron chi connectivity index (χ1n) is 35.5. The van der Waals surface area contributed by atoms with E-state index in [1.54, 1.807) is 0 Å². The van der Waals surface area contributed by atoms with Gasteiger partial charge in [-0.25, -0.2) is 0 Å². The molecule has 0 aliphatic carbocycles. The van der Waals surface area contributed by atoms with E-state index < -0.39 is 6.10 Å². The maximum absolute atomic E-state index is 13.0. The molecule has 77 heavy (non-hydrogen) atoms. The molecule has 1 unspecified atom stereocenters. The molecule has 0 aromatic heterocycles. The number of unbranched alkanes of at least 4 members (excludes halogenated alkanes) is 56. The van der Waals surface area contributed by atoms with Crippen LogP contribution in [0.3, 0.4) is 0 Å². The van der Waals surface area contributed by atoms with Crippen LogP contribution >= 0.6 is 0 Å². The minimum Gasteiger partial charge on any atom is -0.462 e. The molecule has 0 bridgehead atoms. The first-order valence-corrected chi connectivity index (χ1v) is 35.5. The molecule has 0 heterocycles. The summed E-state index contributed by atoms with van der Waals surface area (Å²) >= 11 is 0. The predicted octanol–water partition coefficient (Wildman–Crippen LogP) is 24.2. The van der Waals surface area contributed by atoms with Gasteiger partial charge in [-0.2, -0.15) is 0 Å². The van der Waals surface area contributed by atoms with Gasteiger partial charge in [0.2, 0.25) is 0 Å². The SMILES string of the molecule is CCCCCCCCCCCCCCCCCCCCCCCCCC(=O)OCC(COC(=O)CCCCCCCCCCCCCCCCC)OC(=O)CCCCCCCCCCCCCCCCCCCCCCC. The molecule has 0 rings (SSSR count). The molecule has 0 aromatic rings. The van der Waals surface area contributed by atoms with E-state index in [-0.39, 0.29) is 31.1 Å². The normalized spacial score (nSPS) is 11.9. The van der Waals surface area contributed by atoms with E-state index in [1.165, 1.54) is 321 Å². The molecule has 0 amide bonds. The minimum atomic E-state index is -0.763. The second-order valence-electron chi connectivity index (χ2n) is 24.5. The number of rotatable bonds is 67. The van der Waals surface area contributed by atoms with E-state index in [1.807, 2.05) is 0 Å². The van der Waals surface area contributed by atoms with Crippen LogP contribution < -0.4 is 0 Å². The zero-order chi connectivity index (χ0) is 55.7. The lowest BCUT2D eigenvalue weighted by molar-refractivity contribution is -0.167. The highest BCUT2D eigenvalue weighted by molar-refractivity contribution is 5.71. The lowest BCUT2D eigenvalue weighted by Gasteiger charge is -2.18. The van der Waals surface area contributed by atoms with E-state index in [0.717, 1.165) is 57.8 Å². The summed E-state index contributed by atoms with van der Waals surface area (Å²) in [6.45, 7) is 6.75. The van der Waals surface area contributed by atoms with Crippen molar-refractivity contribution in [2.75, 3.05) is 13.2 Å². The van der Waals surface area contributed by atoms with Crippen molar-refractivity contribution in [3.63, 3.8) is 0 Å². The van der Waals surface area contributed by atoms with Crippen molar-refractivity contribution < 1.29 is 28.6 Å². The topological polar surface area (TPSA) is 78.9 Å². The van der Waals surface area contributed by atoms with Gasteiger partial charge in [-0.1, -0.05) is 380 Å². The highest BCUT2D eigenvalue weighted by Gasteiger charge is 2.19. The molecular formula is C71H138O6. The largest absolute Gasteiger partial charge is 0.462 e. The first-order chi connectivity index (χ1) is 38.0. The van der Waals surface area contributed by atoms with Gasteiger partial charge in [0.25, 0.3) is 0 Å². The third-order valence-electron chi connectivity index (χ3n) is 16.6. The van der Waals surface area contributed by atoms with Crippen LogP contribution in [-0.4, -0.2) is 37.2 Å². The maximum Gasteiger partial charge on any atom is 0.306 e. The molecule has 0 saturated heterocycles. The van der Waals surface area contributed by atoms with Crippen molar-refractivity contribution >= 4 is 17.9 Å². The zero-order valence-corrected chi connectivity index (χ0v) is 52.8. The van der Waals surface area contributed by atoms with Crippen molar-refractivity contribution in [1.82, 2.24) is 0 Å². The summed E-state index contributed by atoms with van der Waals surface area (Å²) in [4.78, 5) is 38.4. The number of hydrogen-bond donors (Lipinski definition) is 0. The molecule has 1 atom stereocenters. The lowest BCUT2D eigenvalue weighted by atomic mass is 10.0. The van der Waals surface area contributed by atoms with Crippen LogP contribution in [-0.2, 0) is 28.6 Å². The van der Waals surface area contributed by atoms with Gasteiger partial charge in [-0.05, 0) is 19.3 Å². The Morgan fingerprint density at radius 3 is 0.519 bits per heavy atom. The Labute approximate surface area is 482 Å². The Bertz CT molecular complexity index is 1160. The van der Waals surface area contributed by atoms with Gasteiger partial charge in [0.1, 0.15) is 13.2 Å². The van der Waals surface area contributed by atoms with Crippen molar-refractivity contribution in [3.8, 4) is 0 Å². The van der Waals surface area contributed by atoms with Gasteiger partial charge in [0.05, 0.1) is 0 Å². The van der Waals surface area contributed by atoms with Gasteiger partial charge in [0, 0.05) is 19.3 Å². The van der Waals surface area contributed by atoms with Crippen molar-refractivity contribution in [1.29, 1.82) is 0 Å². The number of carbonyl (C=O) groups is 3. The van der Waals surface area contributed by atoms with Crippen molar-refractivity contribution in [3.05, 3.63) is 0 Å². The molecule has 0 fully saturated rings. The van der Waals surface area contributed by atoms with E-state index in [0.29, 0.717) is 19.3 Å². The smallest absolute Gasteiger partial charge is 0.306 e. The fourth-order valence-corrected chi connectivity index (χ4v) is 11.3. The Morgan fingerprint density at radius 1 is 0.208 bits per heavy atom. The molecule has 0 aliphatic rings. The van der Waals surface area contributed by atoms with Crippen LogP contribution in [0.15, 0.2) is 0 Å². The molecule has 0 aromatic carbocycles. The average molecular weight is 1090 g/mol.